The van der Waals surface area contributed by atoms with Crippen LogP contribution in [0.1, 0.15) is 71.2 Å². The molecule has 8 aromatic rings. The Morgan fingerprint density at radius 2 is 0.912 bits per heavy atom. The van der Waals surface area contributed by atoms with Crippen LogP contribution in [0.15, 0.2) is 176 Å². The minimum absolute atomic E-state index is 0.119. The largest absolute Gasteiger partial charge is 0.310 e. The molecular formula is C56H43N. The van der Waals surface area contributed by atoms with E-state index in [1.54, 1.807) is 0 Å². The third-order valence-electron chi connectivity index (χ3n) is 13.9. The molecule has 0 aromatic heterocycles. The minimum atomic E-state index is -0.438. The zero-order valence-electron chi connectivity index (χ0n) is 32.5. The third kappa shape index (κ3) is 4.40. The quantitative estimate of drug-likeness (QED) is 0.174. The molecule has 0 bridgehead atoms. The molecular weight excluding hydrogens is 687 g/mol. The summed E-state index contributed by atoms with van der Waals surface area (Å²) in [5.41, 5.74) is 25.0. The highest BCUT2D eigenvalue weighted by Gasteiger charge is 2.52. The van der Waals surface area contributed by atoms with Gasteiger partial charge in [0.1, 0.15) is 0 Å². The zero-order chi connectivity index (χ0) is 37.9. The molecule has 12 rings (SSSR count). The molecule has 0 amide bonds. The molecule has 57 heavy (non-hydrogen) atoms. The number of hydrogen-bond acceptors (Lipinski definition) is 1. The van der Waals surface area contributed by atoms with Crippen molar-refractivity contribution in [1.29, 1.82) is 0 Å². The number of para-hydroxylation sites is 1. The van der Waals surface area contributed by atoms with Crippen molar-refractivity contribution in [3.63, 3.8) is 0 Å². The van der Waals surface area contributed by atoms with E-state index in [1.807, 2.05) is 0 Å². The molecule has 1 heteroatoms. The van der Waals surface area contributed by atoms with Gasteiger partial charge in [-0.25, -0.2) is 0 Å². The van der Waals surface area contributed by atoms with Crippen LogP contribution < -0.4 is 4.90 Å². The summed E-state index contributed by atoms with van der Waals surface area (Å²) in [6.07, 6.45) is 4.74. The number of rotatable bonds is 4. The highest BCUT2D eigenvalue weighted by Crippen LogP contribution is 2.64. The van der Waals surface area contributed by atoms with Crippen molar-refractivity contribution in [1.82, 2.24) is 0 Å². The Labute approximate surface area is 335 Å². The maximum Gasteiger partial charge on any atom is 0.0726 e. The second kappa shape index (κ2) is 12.0. The molecule has 0 saturated carbocycles. The molecule has 1 spiro atoms. The molecule has 0 fully saturated rings. The topological polar surface area (TPSA) is 3.24 Å². The predicted octanol–water partition coefficient (Wildman–Crippen LogP) is 14.4. The molecule has 0 heterocycles. The van der Waals surface area contributed by atoms with E-state index in [4.69, 9.17) is 0 Å². The van der Waals surface area contributed by atoms with E-state index in [-0.39, 0.29) is 5.41 Å². The van der Waals surface area contributed by atoms with Gasteiger partial charge >= 0.3 is 0 Å². The van der Waals surface area contributed by atoms with Gasteiger partial charge in [-0.3, -0.25) is 0 Å². The second-order valence-corrected chi connectivity index (χ2v) is 17.0. The van der Waals surface area contributed by atoms with Crippen LogP contribution in [0.25, 0.3) is 44.5 Å². The Morgan fingerprint density at radius 3 is 1.60 bits per heavy atom. The van der Waals surface area contributed by atoms with E-state index < -0.39 is 5.41 Å². The minimum Gasteiger partial charge on any atom is -0.310 e. The fraction of sp³-hybridized carbons (Fsp3) is 0.143. The lowest BCUT2D eigenvalue weighted by atomic mass is 9.70. The van der Waals surface area contributed by atoms with Gasteiger partial charge < -0.3 is 4.90 Å². The highest BCUT2D eigenvalue weighted by atomic mass is 15.1. The number of aryl methyl sites for hydroxylation is 1. The monoisotopic (exact) mass is 729 g/mol. The molecule has 0 atom stereocenters. The van der Waals surface area contributed by atoms with Gasteiger partial charge in [0.15, 0.2) is 0 Å². The van der Waals surface area contributed by atoms with Gasteiger partial charge in [0.05, 0.1) is 11.1 Å². The average Bonchev–Trinajstić information content (AvgIpc) is 3.82. The number of nitrogens with zero attached hydrogens (tertiary/aromatic N) is 1. The Morgan fingerprint density at radius 1 is 0.368 bits per heavy atom. The van der Waals surface area contributed by atoms with Crippen LogP contribution in [-0.2, 0) is 23.7 Å². The molecule has 4 aliphatic rings. The molecule has 0 unspecified atom stereocenters. The summed E-state index contributed by atoms with van der Waals surface area (Å²) < 4.78 is 0. The summed E-state index contributed by atoms with van der Waals surface area (Å²) in [6.45, 7) is 4.78. The maximum absolute atomic E-state index is 2.60. The summed E-state index contributed by atoms with van der Waals surface area (Å²) in [4.78, 5) is 2.57. The normalized spacial score (nSPS) is 15.5. The van der Waals surface area contributed by atoms with Crippen LogP contribution in [0.5, 0.6) is 0 Å². The maximum atomic E-state index is 2.60. The summed E-state index contributed by atoms with van der Waals surface area (Å²) >= 11 is 0. The average molecular weight is 730 g/mol. The molecule has 8 aromatic carbocycles. The van der Waals surface area contributed by atoms with Crippen LogP contribution in [-0.4, -0.2) is 0 Å². The third-order valence-corrected chi connectivity index (χ3v) is 13.9. The number of hydrogen-bond donors (Lipinski definition) is 0. The highest BCUT2D eigenvalue weighted by molar-refractivity contribution is 6.00. The van der Waals surface area contributed by atoms with Crippen molar-refractivity contribution < 1.29 is 0 Å². The van der Waals surface area contributed by atoms with E-state index in [1.165, 1.54) is 113 Å². The Balaban J connectivity index is 1.20. The molecule has 0 aliphatic heterocycles. The fourth-order valence-corrected chi connectivity index (χ4v) is 11.4. The summed E-state index contributed by atoms with van der Waals surface area (Å²) in [5.74, 6) is 0. The summed E-state index contributed by atoms with van der Waals surface area (Å²) in [5, 5.41) is 0. The van der Waals surface area contributed by atoms with E-state index in [0.29, 0.717) is 0 Å². The zero-order valence-corrected chi connectivity index (χ0v) is 32.5. The van der Waals surface area contributed by atoms with Crippen molar-refractivity contribution in [3.8, 4) is 44.5 Å². The molecule has 0 N–H and O–H groups in total. The van der Waals surface area contributed by atoms with Crippen LogP contribution in [0, 0.1) is 0 Å². The van der Waals surface area contributed by atoms with Crippen molar-refractivity contribution in [2.45, 2.75) is 50.4 Å². The first-order valence-corrected chi connectivity index (χ1v) is 20.7. The smallest absolute Gasteiger partial charge is 0.0726 e. The summed E-state index contributed by atoms with van der Waals surface area (Å²) in [6, 6.07) is 67.1. The number of anilines is 3. The van der Waals surface area contributed by atoms with Crippen LogP contribution in [0.2, 0.25) is 0 Å². The van der Waals surface area contributed by atoms with E-state index in [0.717, 1.165) is 18.5 Å². The SMILES string of the molecule is CC1(C)c2ccccc2-c2ccc(N(c3ccccc3)c3cc4c(cc3-c3cccc5c3CCCC5)-c3ccccc3C43c4ccccc4-c4ccccc43)cc21. The second-order valence-electron chi connectivity index (χ2n) is 17.0. The lowest BCUT2D eigenvalue weighted by Gasteiger charge is -2.34. The van der Waals surface area contributed by atoms with Gasteiger partial charge in [-0.15, -0.1) is 0 Å². The molecule has 0 radical (unpaired) electrons. The first-order chi connectivity index (χ1) is 28.0. The van der Waals surface area contributed by atoms with Gasteiger partial charge in [-0.05, 0) is 146 Å². The molecule has 4 aliphatic carbocycles. The van der Waals surface area contributed by atoms with E-state index in [9.17, 15) is 0 Å². The van der Waals surface area contributed by atoms with Gasteiger partial charge in [-0.2, -0.15) is 0 Å². The van der Waals surface area contributed by atoms with Gasteiger partial charge in [0.25, 0.3) is 0 Å². The van der Waals surface area contributed by atoms with Crippen molar-refractivity contribution in [2.24, 2.45) is 0 Å². The lowest BCUT2D eigenvalue weighted by Crippen LogP contribution is -2.26. The lowest BCUT2D eigenvalue weighted by molar-refractivity contribution is 0.660. The van der Waals surface area contributed by atoms with Crippen LogP contribution >= 0.6 is 0 Å². The van der Waals surface area contributed by atoms with Gasteiger partial charge in [0.2, 0.25) is 0 Å². The van der Waals surface area contributed by atoms with Crippen molar-refractivity contribution >= 4 is 17.1 Å². The van der Waals surface area contributed by atoms with E-state index >= 15 is 0 Å². The number of fused-ring (bicyclic) bond motifs is 14. The molecule has 1 nitrogen and oxygen atoms in total. The number of benzene rings is 8. The van der Waals surface area contributed by atoms with Crippen LogP contribution in [0.4, 0.5) is 17.1 Å². The van der Waals surface area contributed by atoms with Crippen molar-refractivity contribution in [2.75, 3.05) is 4.90 Å². The fourth-order valence-electron chi connectivity index (χ4n) is 11.4. The van der Waals surface area contributed by atoms with Crippen LogP contribution in [0.3, 0.4) is 0 Å². The Hall–Kier alpha value is -6.44. The Kier molecular flexibility index (Phi) is 6.92. The molecule has 0 saturated heterocycles. The predicted molar refractivity (Wildman–Crippen MR) is 237 cm³/mol. The van der Waals surface area contributed by atoms with Gasteiger partial charge in [-0.1, -0.05) is 153 Å². The van der Waals surface area contributed by atoms with E-state index in [2.05, 4.69) is 195 Å². The Bertz CT molecular complexity index is 2900. The molecule has 272 valence electrons. The van der Waals surface area contributed by atoms with Gasteiger partial charge in [0, 0.05) is 22.4 Å². The first-order valence-electron chi connectivity index (χ1n) is 20.7. The van der Waals surface area contributed by atoms with Crippen molar-refractivity contribution in [3.05, 3.63) is 220 Å². The standard InChI is InChI=1S/C56H43N/c1-55(2)48-27-12-8-22-41(48)45-32-31-38(33-52(45)55)57(37-19-4-3-5-20-37)54-35-53-46(34-47(54)40-26-16-18-36-17-6-7-21-39(36)40)44-25-11-15-30-51(44)56(53)49-28-13-9-23-42(49)43-24-10-14-29-50(43)56/h3-5,8-16,18-20,22-35H,6-7,17,21H2,1-2H3. The summed E-state index contributed by atoms with van der Waals surface area (Å²) in [7, 11) is 0. The first kappa shape index (κ1) is 32.8.